The molecule has 2 N–H and O–H groups in total. The quantitative estimate of drug-likeness (QED) is 0.570. The van der Waals surface area contributed by atoms with Crippen LogP contribution in [0.1, 0.15) is 24.4 Å². The second-order valence-corrected chi connectivity index (χ2v) is 7.69. The third-order valence-electron chi connectivity index (χ3n) is 3.71. The maximum atomic E-state index is 12.7. The monoisotopic (exact) mass is 540 g/mol. The molecule has 0 aromatic heterocycles. The zero-order valence-electron chi connectivity index (χ0n) is 11.8. The number of aromatic hydroxyl groups is 1. The summed E-state index contributed by atoms with van der Waals surface area (Å²) in [6, 6.07) is 3.20. The predicted molar refractivity (Wildman–Crippen MR) is 96.0 cm³/mol. The molecule has 1 fully saturated rings. The van der Waals surface area contributed by atoms with Crippen LogP contribution >= 0.6 is 45.2 Å². The Balaban J connectivity index is 2.30. The van der Waals surface area contributed by atoms with E-state index < -0.39 is 18.6 Å². The van der Waals surface area contributed by atoms with Gasteiger partial charge in [-0.1, -0.05) is 0 Å². The highest BCUT2D eigenvalue weighted by molar-refractivity contribution is 14.1. The van der Waals surface area contributed by atoms with Gasteiger partial charge in [0.25, 0.3) is 0 Å². The molecule has 0 spiro atoms. The molecule has 0 unspecified atom stereocenters. The molecule has 2 rings (SSSR count). The fourth-order valence-electron chi connectivity index (χ4n) is 2.67. The molecule has 0 saturated carbocycles. The van der Waals surface area contributed by atoms with E-state index in [2.05, 4.69) is 27.9 Å². The van der Waals surface area contributed by atoms with Crippen molar-refractivity contribution in [3.63, 3.8) is 0 Å². The van der Waals surface area contributed by atoms with Gasteiger partial charge in [0.05, 0.1) is 3.57 Å². The van der Waals surface area contributed by atoms with Gasteiger partial charge in [0, 0.05) is 47.8 Å². The van der Waals surface area contributed by atoms with Crippen LogP contribution in [-0.2, 0) is 0 Å². The highest BCUT2D eigenvalue weighted by Gasteiger charge is 2.32. The van der Waals surface area contributed by atoms with Crippen LogP contribution < -0.4 is 5.32 Å². The minimum atomic E-state index is -4.18. The fraction of sp³-hybridized carbons (Fsp3) is 0.571. The largest absolute Gasteiger partial charge is 0.506 e. The molecule has 0 bridgehead atoms. The van der Waals surface area contributed by atoms with Crippen LogP contribution in [0.5, 0.6) is 5.75 Å². The summed E-state index contributed by atoms with van der Waals surface area (Å²) in [5.41, 5.74) is 0.599. The molecule has 1 aliphatic rings. The number of nitrogens with one attached hydrogen (secondary N) is 1. The first-order valence-electron chi connectivity index (χ1n) is 6.97. The van der Waals surface area contributed by atoms with Crippen molar-refractivity contribution in [2.45, 2.75) is 25.1 Å². The van der Waals surface area contributed by atoms with Gasteiger partial charge < -0.3 is 10.4 Å². The van der Waals surface area contributed by atoms with E-state index in [0.29, 0.717) is 22.2 Å². The third kappa shape index (κ3) is 5.10. The first kappa shape index (κ1) is 18.5. The van der Waals surface area contributed by atoms with Crippen molar-refractivity contribution in [3.8, 4) is 5.75 Å². The standard InChI is InChI=1S/C14H17F3I2N2O/c15-14(16,17)2-1-12(21-5-3-20-4-6-21)10-7-9(18)8-11(19)13(10)22/h7-8,12,20,22H,1-6H2/t12-/m0/s1. The average Bonchev–Trinajstić information content (AvgIpc) is 2.44. The second kappa shape index (κ2) is 7.84. The Hall–Kier alpha value is 0.190. The lowest BCUT2D eigenvalue weighted by atomic mass is 9.98. The molecule has 124 valence electrons. The maximum absolute atomic E-state index is 12.7. The molecule has 1 aromatic carbocycles. The number of hydrogen-bond acceptors (Lipinski definition) is 3. The summed E-state index contributed by atoms with van der Waals surface area (Å²) in [4.78, 5) is 2.03. The summed E-state index contributed by atoms with van der Waals surface area (Å²) in [6.45, 7) is 2.88. The molecule has 22 heavy (non-hydrogen) atoms. The zero-order valence-corrected chi connectivity index (χ0v) is 16.1. The summed E-state index contributed by atoms with van der Waals surface area (Å²) in [5.74, 6) is 0.103. The molecular formula is C14H17F3I2N2O. The first-order chi connectivity index (χ1) is 10.3. The van der Waals surface area contributed by atoms with E-state index >= 15 is 0 Å². The Morgan fingerprint density at radius 2 is 1.86 bits per heavy atom. The molecule has 1 atom stereocenters. The van der Waals surface area contributed by atoms with Gasteiger partial charge in [-0.05, 0) is 63.7 Å². The van der Waals surface area contributed by atoms with E-state index in [4.69, 9.17) is 0 Å². The minimum Gasteiger partial charge on any atom is -0.506 e. The van der Waals surface area contributed by atoms with Crippen LogP contribution in [0.15, 0.2) is 12.1 Å². The van der Waals surface area contributed by atoms with E-state index in [1.807, 2.05) is 33.6 Å². The van der Waals surface area contributed by atoms with Gasteiger partial charge >= 0.3 is 6.18 Å². The predicted octanol–water partition coefficient (Wildman–Crippen LogP) is 3.89. The normalized spacial score (nSPS) is 18.4. The maximum Gasteiger partial charge on any atom is 0.389 e. The van der Waals surface area contributed by atoms with Crippen LogP contribution in [0.25, 0.3) is 0 Å². The number of hydrogen-bond donors (Lipinski definition) is 2. The summed E-state index contributed by atoms with van der Waals surface area (Å²) in [7, 11) is 0. The lowest BCUT2D eigenvalue weighted by Gasteiger charge is -2.36. The summed E-state index contributed by atoms with van der Waals surface area (Å²) < 4.78 is 39.6. The molecule has 1 heterocycles. The van der Waals surface area contributed by atoms with Crippen LogP contribution in [0.2, 0.25) is 0 Å². The van der Waals surface area contributed by atoms with Gasteiger partial charge in [-0.25, -0.2) is 0 Å². The Morgan fingerprint density at radius 1 is 1.23 bits per heavy atom. The van der Waals surface area contributed by atoms with Crippen molar-refractivity contribution in [1.82, 2.24) is 10.2 Å². The number of phenols is 1. The van der Waals surface area contributed by atoms with Crippen LogP contribution in [0, 0.1) is 7.14 Å². The molecule has 0 amide bonds. The number of benzene rings is 1. The van der Waals surface area contributed by atoms with E-state index in [1.54, 1.807) is 6.07 Å². The van der Waals surface area contributed by atoms with E-state index in [9.17, 15) is 18.3 Å². The number of rotatable bonds is 4. The van der Waals surface area contributed by atoms with Gasteiger partial charge in [-0.3, -0.25) is 4.90 Å². The molecule has 1 aromatic rings. The van der Waals surface area contributed by atoms with Crippen molar-refractivity contribution in [2.75, 3.05) is 26.2 Å². The molecular weight excluding hydrogens is 523 g/mol. The number of phenolic OH excluding ortho intramolecular Hbond substituents is 1. The Labute approximate surface area is 154 Å². The van der Waals surface area contributed by atoms with Crippen LogP contribution in [-0.4, -0.2) is 42.4 Å². The van der Waals surface area contributed by atoms with E-state index in [1.165, 1.54) is 0 Å². The lowest BCUT2D eigenvalue weighted by Crippen LogP contribution is -2.45. The van der Waals surface area contributed by atoms with Crippen LogP contribution in [0.3, 0.4) is 0 Å². The molecule has 1 aliphatic heterocycles. The van der Waals surface area contributed by atoms with Gasteiger partial charge in [0.15, 0.2) is 0 Å². The van der Waals surface area contributed by atoms with Gasteiger partial charge in [-0.15, -0.1) is 0 Å². The van der Waals surface area contributed by atoms with Gasteiger partial charge in [0.1, 0.15) is 5.75 Å². The Kier molecular flexibility index (Phi) is 6.60. The highest BCUT2D eigenvalue weighted by Crippen LogP contribution is 2.38. The first-order valence-corrected chi connectivity index (χ1v) is 9.13. The van der Waals surface area contributed by atoms with E-state index in [0.717, 1.165) is 16.7 Å². The van der Waals surface area contributed by atoms with Crippen molar-refractivity contribution in [1.29, 1.82) is 0 Å². The Morgan fingerprint density at radius 3 is 2.45 bits per heavy atom. The molecule has 1 saturated heterocycles. The molecule has 0 aliphatic carbocycles. The van der Waals surface area contributed by atoms with Crippen molar-refractivity contribution in [3.05, 3.63) is 24.8 Å². The topological polar surface area (TPSA) is 35.5 Å². The highest BCUT2D eigenvalue weighted by atomic mass is 127. The van der Waals surface area contributed by atoms with Crippen molar-refractivity contribution in [2.24, 2.45) is 0 Å². The average molecular weight is 540 g/mol. The molecule has 8 heteroatoms. The number of nitrogens with zero attached hydrogens (tertiary/aromatic N) is 1. The second-order valence-electron chi connectivity index (χ2n) is 5.28. The third-order valence-corrected chi connectivity index (χ3v) is 5.16. The van der Waals surface area contributed by atoms with Gasteiger partial charge in [0.2, 0.25) is 0 Å². The number of alkyl halides is 3. The Bertz CT molecular complexity index is 520. The smallest absolute Gasteiger partial charge is 0.389 e. The summed E-state index contributed by atoms with van der Waals surface area (Å²) >= 11 is 4.14. The fourth-order valence-corrected chi connectivity index (χ4v) is 4.56. The van der Waals surface area contributed by atoms with Gasteiger partial charge in [-0.2, -0.15) is 13.2 Å². The SMILES string of the molecule is Oc1c(I)cc(I)cc1[C@H](CCC(F)(F)F)N1CCNCC1. The zero-order chi connectivity index (χ0) is 16.3. The van der Waals surface area contributed by atoms with E-state index in [-0.39, 0.29) is 12.2 Å². The minimum absolute atomic E-state index is 0.0345. The van der Waals surface area contributed by atoms with Crippen molar-refractivity contribution < 1.29 is 18.3 Å². The van der Waals surface area contributed by atoms with Crippen LogP contribution in [0.4, 0.5) is 13.2 Å². The number of piperazine rings is 1. The number of halogens is 5. The lowest BCUT2D eigenvalue weighted by molar-refractivity contribution is -0.138. The molecule has 0 radical (unpaired) electrons. The molecule has 3 nitrogen and oxygen atoms in total. The summed E-state index contributed by atoms with van der Waals surface area (Å²) in [5, 5.41) is 13.5. The van der Waals surface area contributed by atoms with Crippen molar-refractivity contribution >= 4 is 45.2 Å². The summed E-state index contributed by atoms with van der Waals surface area (Å²) in [6.07, 6.45) is -5.06.